The molecule has 8 nitrogen and oxygen atoms in total. The standard InChI is InChI=1S/C18H22N2O6/c1-5-24-16(22)14-18(4,17(23)25-6-2)15(26-11(3)21)12-9-7-8-10-13(12)19-20-14/h7-10,15,19H,5-6H2,1-4H3. The molecule has 2 atom stereocenters. The summed E-state index contributed by atoms with van der Waals surface area (Å²) in [4.78, 5) is 37.1. The number of rotatable bonds is 5. The van der Waals surface area contributed by atoms with Gasteiger partial charge in [0.05, 0.1) is 18.9 Å². The van der Waals surface area contributed by atoms with Crippen LogP contribution in [-0.4, -0.2) is 36.8 Å². The van der Waals surface area contributed by atoms with Gasteiger partial charge in [-0.1, -0.05) is 18.2 Å². The molecule has 1 N–H and O–H groups in total. The molecule has 1 aromatic carbocycles. The summed E-state index contributed by atoms with van der Waals surface area (Å²) in [5, 5.41) is 4.10. The summed E-state index contributed by atoms with van der Waals surface area (Å²) >= 11 is 0. The molecule has 0 bridgehead atoms. The predicted octanol–water partition coefficient (Wildman–Crippen LogP) is 2.20. The fraction of sp³-hybridized carbons (Fsp3) is 0.444. The van der Waals surface area contributed by atoms with Gasteiger partial charge >= 0.3 is 17.9 Å². The van der Waals surface area contributed by atoms with Crippen molar-refractivity contribution in [3.63, 3.8) is 0 Å². The zero-order valence-corrected chi connectivity index (χ0v) is 15.2. The Kier molecular flexibility index (Phi) is 5.97. The van der Waals surface area contributed by atoms with E-state index in [1.165, 1.54) is 13.8 Å². The molecule has 1 aliphatic heterocycles. The van der Waals surface area contributed by atoms with Crippen molar-refractivity contribution >= 4 is 29.3 Å². The lowest BCUT2D eigenvalue weighted by molar-refractivity contribution is -0.166. The summed E-state index contributed by atoms with van der Waals surface area (Å²) in [6.45, 7) is 6.16. The minimum Gasteiger partial charge on any atom is -0.465 e. The Balaban J connectivity index is 2.70. The smallest absolute Gasteiger partial charge is 0.355 e. The minimum absolute atomic E-state index is 0.0897. The number of para-hydroxylation sites is 1. The highest BCUT2D eigenvalue weighted by molar-refractivity contribution is 6.42. The Morgan fingerprint density at radius 2 is 1.81 bits per heavy atom. The van der Waals surface area contributed by atoms with E-state index in [0.29, 0.717) is 11.3 Å². The Bertz CT molecular complexity index is 745. The molecule has 0 aliphatic carbocycles. The van der Waals surface area contributed by atoms with Crippen LogP contribution < -0.4 is 5.43 Å². The van der Waals surface area contributed by atoms with Gasteiger partial charge in [-0.2, -0.15) is 5.10 Å². The van der Waals surface area contributed by atoms with Gasteiger partial charge in [-0.15, -0.1) is 0 Å². The van der Waals surface area contributed by atoms with Gasteiger partial charge in [0.2, 0.25) is 0 Å². The van der Waals surface area contributed by atoms with Crippen molar-refractivity contribution in [2.45, 2.75) is 33.8 Å². The van der Waals surface area contributed by atoms with E-state index in [-0.39, 0.29) is 18.9 Å². The number of carbonyl (C=O) groups excluding carboxylic acids is 3. The van der Waals surface area contributed by atoms with Crippen LogP contribution in [0.4, 0.5) is 5.69 Å². The van der Waals surface area contributed by atoms with E-state index in [9.17, 15) is 14.4 Å². The Labute approximate surface area is 151 Å². The lowest BCUT2D eigenvalue weighted by atomic mass is 9.76. The molecule has 1 aromatic rings. The lowest BCUT2D eigenvalue weighted by Gasteiger charge is -2.33. The van der Waals surface area contributed by atoms with Crippen molar-refractivity contribution in [1.82, 2.24) is 0 Å². The Morgan fingerprint density at radius 3 is 2.42 bits per heavy atom. The maximum Gasteiger partial charge on any atom is 0.355 e. The number of anilines is 1. The summed E-state index contributed by atoms with van der Waals surface area (Å²) in [5.74, 6) is -2.14. The van der Waals surface area contributed by atoms with E-state index in [0.717, 1.165) is 0 Å². The number of ether oxygens (including phenoxy) is 3. The van der Waals surface area contributed by atoms with Crippen LogP contribution in [-0.2, 0) is 28.6 Å². The molecule has 0 spiro atoms. The van der Waals surface area contributed by atoms with Crippen molar-refractivity contribution in [1.29, 1.82) is 0 Å². The van der Waals surface area contributed by atoms with Crippen molar-refractivity contribution in [3.8, 4) is 0 Å². The third-order valence-corrected chi connectivity index (χ3v) is 4.00. The van der Waals surface area contributed by atoms with Crippen LogP contribution in [0.5, 0.6) is 0 Å². The highest BCUT2D eigenvalue weighted by Crippen LogP contribution is 2.44. The molecule has 0 aromatic heterocycles. The van der Waals surface area contributed by atoms with Crippen molar-refractivity contribution < 1.29 is 28.6 Å². The second-order valence-electron chi connectivity index (χ2n) is 5.79. The van der Waals surface area contributed by atoms with E-state index in [2.05, 4.69) is 10.5 Å². The van der Waals surface area contributed by atoms with Gasteiger partial charge in [-0.25, -0.2) is 4.79 Å². The van der Waals surface area contributed by atoms with E-state index in [4.69, 9.17) is 14.2 Å². The molecule has 0 saturated carbocycles. The zero-order chi connectivity index (χ0) is 19.3. The summed E-state index contributed by atoms with van der Waals surface area (Å²) < 4.78 is 15.7. The van der Waals surface area contributed by atoms with Crippen molar-refractivity contribution in [2.24, 2.45) is 10.5 Å². The number of carbonyl (C=O) groups is 3. The van der Waals surface area contributed by atoms with E-state index < -0.39 is 29.4 Å². The van der Waals surface area contributed by atoms with Gasteiger partial charge in [-0.3, -0.25) is 15.0 Å². The number of fused-ring (bicyclic) bond motifs is 1. The van der Waals surface area contributed by atoms with Gasteiger partial charge < -0.3 is 14.2 Å². The molecule has 1 aliphatic rings. The maximum absolute atomic E-state index is 12.9. The molecule has 140 valence electrons. The molecule has 1 heterocycles. The van der Waals surface area contributed by atoms with Crippen molar-refractivity contribution in [2.75, 3.05) is 18.6 Å². The van der Waals surface area contributed by atoms with Gasteiger partial charge in [0.1, 0.15) is 0 Å². The first-order valence-corrected chi connectivity index (χ1v) is 8.30. The predicted molar refractivity (Wildman–Crippen MR) is 93.4 cm³/mol. The van der Waals surface area contributed by atoms with Crippen LogP contribution in [0.15, 0.2) is 29.4 Å². The average Bonchev–Trinajstić information content (AvgIpc) is 2.71. The van der Waals surface area contributed by atoms with Crippen molar-refractivity contribution in [3.05, 3.63) is 29.8 Å². The molecule has 0 saturated heterocycles. The number of hydrogen-bond donors (Lipinski definition) is 1. The monoisotopic (exact) mass is 362 g/mol. The van der Waals surface area contributed by atoms with E-state index in [1.807, 2.05) is 0 Å². The van der Waals surface area contributed by atoms with E-state index >= 15 is 0 Å². The Morgan fingerprint density at radius 1 is 1.15 bits per heavy atom. The first-order chi connectivity index (χ1) is 12.4. The molecular weight excluding hydrogens is 340 g/mol. The largest absolute Gasteiger partial charge is 0.465 e. The summed E-state index contributed by atoms with van der Waals surface area (Å²) in [5.41, 5.74) is 1.86. The molecule has 26 heavy (non-hydrogen) atoms. The Hall–Kier alpha value is -2.90. The third-order valence-electron chi connectivity index (χ3n) is 4.00. The second kappa shape index (κ2) is 7.99. The van der Waals surface area contributed by atoms with Gasteiger partial charge in [0.15, 0.2) is 17.2 Å². The van der Waals surface area contributed by atoms with E-state index in [1.54, 1.807) is 38.1 Å². The van der Waals surface area contributed by atoms with Crippen LogP contribution in [0.1, 0.15) is 39.4 Å². The summed E-state index contributed by atoms with van der Waals surface area (Å²) in [6, 6.07) is 6.88. The van der Waals surface area contributed by atoms with Crippen LogP contribution >= 0.6 is 0 Å². The maximum atomic E-state index is 12.9. The molecule has 2 rings (SSSR count). The van der Waals surface area contributed by atoms with Crippen LogP contribution in [0, 0.1) is 5.41 Å². The lowest BCUT2D eigenvalue weighted by Crippen LogP contribution is -2.48. The number of nitrogens with one attached hydrogen (secondary N) is 1. The fourth-order valence-corrected chi connectivity index (χ4v) is 2.78. The van der Waals surface area contributed by atoms with Gasteiger partial charge in [0, 0.05) is 12.5 Å². The molecule has 0 radical (unpaired) electrons. The number of hydrazone groups is 1. The normalized spacial score (nSPS) is 21.4. The molecule has 8 heteroatoms. The number of hydrogen-bond acceptors (Lipinski definition) is 8. The zero-order valence-electron chi connectivity index (χ0n) is 15.2. The van der Waals surface area contributed by atoms with Crippen LogP contribution in [0.25, 0.3) is 0 Å². The third kappa shape index (κ3) is 3.54. The average molecular weight is 362 g/mol. The first-order valence-electron chi connectivity index (χ1n) is 8.30. The number of esters is 3. The first kappa shape index (κ1) is 19.4. The minimum atomic E-state index is -1.69. The molecule has 2 unspecified atom stereocenters. The van der Waals surface area contributed by atoms with Gasteiger partial charge in [-0.05, 0) is 26.8 Å². The number of nitrogens with zero attached hydrogens (tertiary/aromatic N) is 1. The summed E-state index contributed by atoms with van der Waals surface area (Å²) in [7, 11) is 0. The summed E-state index contributed by atoms with van der Waals surface area (Å²) in [6.07, 6.45) is -1.12. The molecule has 0 fully saturated rings. The van der Waals surface area contributed by atoms with Crippen LogP contribution in [0.2, 0.25) is 0 Å². The highest BCUT2D eigenvalue weighted by atomic mass is 16.6. The SMILES string of the molecule is CCOC(=O)C1=NNc2ccccc2C(OC(C)=O)C1(C)C(=O)OCC. The highest BCUT2D eigenvalue weighted by Gasteiger charge is 2.55. The quantitative estimate of drug-likeness (QED) is 0.632. The van der Waals surface area contributed by atoms with Crippen LogP contribution in [0.3, 0.4) is 0 Å². The molecular formula is C18H22N2O6. The number of benzene rings is 1. The molecule has 0 amide bonds. The topological polar surface area (TPSA) is 103 Å². The fourth-order valence-electron chi connectivity index (χ4n) is 2.78. The second-order valence-corrected chi connectivity index (χ2v) is 5.79. The van der Waals surface area contributed by atoms with Gasteiger partial charge in [0.25, 0.3) is 0 Å².